The van der Waals surface area contributed by atoms with Gasteiger partial charge in [-0.3, -0.25) is 0 Å². The zero-order valence-corrected chi connectivity index (χ0v) is 16.6. The lowest BCUT2D eigenvalue weighted by atomic mass is 10.1. The zero-order chi connectivity index (χ0) is 18.1. The molecule has 142 valence electrons. The standard InChI is InChI=1S/C20H20N2O3S.ClH/c1-15-14-20(21-19-5-3-2-4-18(15)19)16-6-8-17(9-7-16)26(23,24)22-10-12-25-13-11-22;/h2-9,14H,10-13H2,1H3;1H. The monoisotopic (exact) mass is 404 g/mol. The molecule has 0 saturated carbocycles. The van der Waals surface area contributed by atoms with Gasteiger partial charge in [-0.1, -0.05) is 30.3 Å². The predicted octanol–water partition coefficient (Wildman–Crippen LogP) is 3.65. The van der Waals surface area contributed by atoms with Crippen molar-refractivity contribution < 1.29 is 13.2 Å². The van der Waals surface area contributed by atoms with Crippen LogP contribution in [0, 0.1) is 6.92 Å². The van der Waals surface area contributed by atoms with Crippen LogP contribution in [0.5, 0.6) is 0 Å². The van der Waals surface area contributed by atoms with Gasteiger partial charge < -0.3 is 4.74 Å². The number of nitrogens with zero attached hydrogens (tertiary/aromatic N) is 2. The van der Waals surface area contributed by atoms with Crippen molar-refractivity contribution in [2.45, 2.75) is 11.8 Å². The van der Waals surface area contributed by atoms with E-state index in [1.54, 1.807) is 12.1 Å². The molecule has 0 unspecified atom stereocenters. The molecule has 27 heavy (non-hydrogen) atoms. The summed E-state index contributed by atoms with van der Waals surface area (Å²) in [6, 6.07) is 17.0. The maximum atomic E-state index is 12.7. The van der Waals surface area contributed by atoms with Crippen molar-refractivity contribution in [2.75, 3.05) is 26.3 Å². The molecule has 1 aliphatic heterocycles. The molecule has 7 heteroatoms. The van der Waals surface area contributed by atoms with Crippen LogP contribution >= 0.6 is 12.4 Å². The highest BCUT2D eigenvalue weighted by atomic mass is 35.5. The summed E-state index contributed by atoms with van der Waals surface area (Å²) in [5.74, 6) is 0. The number of aryl methyl sites for hydroxylation is 1. The lowest BCUT2D eigenvalue weighted by Gasteiger charge is -2.26. The Bertz CT molecular complexity index is 1050. The second-order valence-corrected chi connectivity index (χ2v) is 8.32. The van der Waals surface area contributed by atoms with Crippen molar-refractivity contribution in [3.63, 3.8) is 0 Å². The Kier molecular flexibility index (Phi) is 5.81. The highest BCUT2D eigenvalue weighted by Crippen LogP contribution is 2.26. The smallest absolute Gasteiger partial charge is 0.243 e. The number of para-hydroxylation sites is 1. The van der Waals surface area contributed by atoms with Crippen molar-refractivity contribution in [3.8, 4) is 11.3 Å². The van der Waals surface area contributed by atoms with Crippen molar-refractivity contribution >= 4 is 33.3 Å². The second kappa shape index (κ2) is 7.94. The fourth-order valence-electron chi connectivity index (χ4n) is 3.23. The molecule has 0 radical (unpaired) electrons. The molecule has 0 N–H and O–H groups in total. The van der Waals surface area contributed by atoms with E-state index in [-0.39, 0.29) is 12.4 Å². The number of aromatic nitrogens is 1. The van der Waals surface area contributed by atoms with Gasteiger partial charge in [0, 0.05) is 24.0 Å². The maximum absolute atomic E-state index is 12.7. The summed E-state index contributed by atoms with van der Waals surface area (Å²) < 4.78 is 32.2. The first-order valence-corrected chi connectivity index (χ1v) is 10.0. The van der Waals surface area contributed by atoms with E-state index in [2.05, 4.69) is 13.0 Å². The van der Waals surface area contributed by atoms with Gasteiger partial charge in [0.25, 0.3) is 0 Å². The van der Waals surface area contributed by atoms with E-state index in [0.29, 0.717) is 31.2 Å². The second-order valence-electron chi connectivity index (χ2n) is 6.38. The number of rotatable bonds is 3. The SMILES string of the molecule is Cc1cc(-c2ccc(S(=O)(=O)N3CCOCC3)cc2)nc2ccccc12.Cl. The summed E-state index contributed by atoms with van der Waals surface area (Å²) in [6.07, 6.45) is 0. The van der Waals surface area contributed by atoms with Crippen LogP contribution in [-0.2, 0) is 14.8 Å². The minimum absolute atomic E-state index is 0. The highest BCUT2D eigenvalue weighted by molar-refractivity contribution is 7.89. The number of sulfonamides is 1. The van der Waals surface area contributed by atoms with E-state index in [9.17, 15) is 8.42 Å². The van der Waals surface area contributed by atoms with Gasteiger partial charge in [-0.15, -0.1) is 12.4 Å². The molecule has 1 aromatic heterocycles. The van der Waals surface area contributed by atoms with Crippen LogP contribution in [0.2, 0.25) is 0 Å². The summed E-state index contributed by atoms with van der Waals surface area (Å²) in [5.41, 5.74) is 3.83. The Morgan fingerprint density at radius 1 is 1.00 bits per heavy atom. The normalized spacial score (nSPS) is 15.4. The molecule has 1 aliphatic rings. The minimum Gasteiger partial charge on any atom is -0.379 e. The number of ether oxygens (including phenoxy) is 1. The number of benzene rings is 2. The summed E-state index contributed by atoms with van der Waals surface area (Å²) in [4.78, 5) is 5.02. The quantitative estimate of drug-likeness (QED) is 0.668. The van der Waals surface area contributed by atoms with Gasteiger partial charge in [0.1, 0.15) is 0 Å². The number of hydrogen-bond donors (Lipinski definition) is 0. The zero-order valence-electron chi connectivity index (χ0n) is 15.0. The lowest BCUT2D eigenvalue weighted by molar-refractivity contribution is 0.0730. The molecular formula is C20H21ClN2O3S. The fourth-order valence-corrected chi connectivity index (χ4v) is 4.64. The Hall–Kier alpha value is -1.99. The largest absolute Gasteiger partial charge is 0.379 e. The van der Waals surface area contributed by atoms with Gasteiger partial charge in [-0.05, 0) is 36.8 Å². The highest BCUT2D eigenvalue weighted by Gasteiger charge is 2.26. The molecule has 0 atom stereocenters. The number of morpholine rings is 1. The summed E-state index contributed by atoms with van der Waals surface area (Å²) in [5, 5.41) is 1.13. The van der Waals surface area contributed by atoms with Crippen molar-refractivity contribution in [2.24, 2.45) is 0 Å². The van der Waals surface area contributed by atoms with Gasteiger partial charge in [0.05, 0.1) is 29.3 Å². The molecule has 1 fully saturated rings. The van der Waals surface area contributed by atoms with E-state index >= 15 is 0 Å². The van der Waals surface area contributed by atoms with Gasteiger partial charge >= 0.3 is 0 Å². The average molecular weight is 405 g/mol. The van der Waals surface area contributed by atoms with Crippen LogP contribution in [0.1, 0.15) is 5.56 Å². The Labute approximate surface area is 165 Å². The van der Waals surface area contributed by atoms with Crippen LogP contribution in [0.3, 0.4) is 0 Å². The number of pyridine rings is 1. The molecule has 2 heterocycles. The topological polar surface area (TPSA) is 59.5 Å². The van der Waals surface area contributed by atoms with Crippen molar-refractivity contribution in [1.82, 2.24) is 9.29 Å². The van der Waals surface area contributed by atoms with Crippen molar-refractivity contribution in [1.29, 1.82) is 0 Å². The molecular weight excluding hydrogens is 384 g/mol. The van der Waals surface area contributed by atoms with Gasteiger partial charge in [-0.25, -0.2) is 13.4 Å². The van der Waals surface area contributed by atoms with Crippen LogP contribution in [0.15, 0.2) is 59.5 Å². The summed E-state index contributed by atoms with van der Waals surface area (Å²) in [7, 11) is -3.47. The van der Waals surface area contributed by atoms with Crippen LogP contribution in [-0.4, -0.2) is 44.0 Å². The molecule has 0 aliphatic carbocycles. The average Bonchev–Trinajstić information content (AvgIpc) is 2.69. The van der Waals surface area contributed by atoms with Crippen LogP contribution in [0.25, 0.3) is 22.2 Å². The van der Waals surface area contributed by atoms with Gasteiger partial charge in [0.2, 0.25) is 10.0 Å². The summed E-state index contributed by atoms with van der Waals surface area (Å²) in [6.45, 7) is 3.74. The maximum Gasteiger partial charge on any atom is 0.243 e. The molecule has 4 rings (SSSR count). The third kappa shape index (κ3) is 3.84. The van der Waals surface area contributed by atoms with Gasteiger partial charge in [-0.2, -0.15) is 4.31 Å². The molecule has 0 bridgehead atoms. The first kappa shape index (κ1) is 19.8. The number of fused-ring (bicyclic) bond motifs is 1. The third-order valence-electron chi connectivity index (χ3n) is 4.68. The van der Waals surface area contributed by atoms with Crippen LogP contribution < -0.4 is 0 Å². The van der Waals surface area contributed by atoms with E-state index in [4.69, 9.17) is 9.72 Å². The Morgan fingerprint density at radius 2 is 1.67 bits per heavy atom. The first-order chi connectivity index (χ1) is 12.6. The molecule has 0 amide bonds. The van der Waals surface area contributed by atoms with Gasteiger partial charge in [0.15, 0.2) is 0 Å². The first-order valence-electron chi connectivity index (χ1n) is 8.60. The van der Waals surface area contributed by atoms with E-state index < -0.39 is 10.0 Å². The van der Waals surface area contributed by atoms with E-state index in [1.807, 2.05) is 36.4 Å². The van der Waals surface area contributed by atoms with Crippen LogP contribution in [0.4, 0.5) is 0 Å². The third-order valence-corrected chi connectivity index (χ3v) is 6.59. The van der Waals surface area contributed by atoms with E-state index in [1.165, 1.54) is 4.31 Å². The molecule has 5 nitrogen and oxygen atoms in total. The molecule has 1 saturated heterocycles. The lowest BCUT2D eigenvalue weighted by Crippen LogP contribution is -2.40. The minimum atomic E-state index is -3.47. The number of hydrogen-bond acceptors (Lipinski definition) is 4. The molecule has 0 spiro atoms. The summed E-state index contributed by atoms with van der Waals surface area (Å²) >= 11 is 0. The fraction of sp³-hybridized carbons (Fsp3) is 0.250. The Balaban J connectivity index is 0.00000210. The predicted molar refractivity (Wildman–Crippen MR) is 109 cm³/mol. The Morgan fingerprint density at radius 3 is 2.37 bits per heavy atom. The van der Waals surface area contributed by atoms with Crippen molar-refractivity contribution in [3.05, 3.63) is 60.2 Å². The molecule has 3 aromatic rings. The number of halogens is 1. The molecule has 2 aromatic carbocycles. The van der Waals surface area contributed by atoms with E-state index in [0.717, 1.165) is 27.7 Å².